The van der Waals surface area contributed by atoms with E-state index in [1.807, 2.05) is 61.0 Å². The van der Waals surface area contributed by atoms with Gasteiger partial charge in [-0.25, -0.2) is 0 Å². The van der Waals surface area contributed by atoms with Crippen LogP contribution in [0.3, 0.4) is 0 Å². The molecule has 172 valence electrons. The maximum Gasteiger partial charge on any atom is 0.253 e. The van der Waals surface area contributed by atoms with Crippen LogP contribution in [-0.4, -0.2) is 37.3 Å². The van der Waals surface area contributed by atoms with Crippen LogP contribution in [0.15, 0.2) is 84.3 Å². The topological polar surface area (TPSA) is 102 Å². The Labute approximate surface area is 201 Å². The minimum Gasteiger partial charge on any atom is -0.345 e. The summed E-state index contributed by atoms with van der Waals surface area (Å²) >= 11 is 1.27. The number of hydrogen-bond acceptors (Lipinski definition) is 6. The number of nitrogens with one attached hydrogen (secondary N) is 2. The van der Waals surface area contributed by atoms with Crippen LogP contribution in [0.4, 0.5) is 5.69 Å². The molecule has 2 aromatic carbocycles. The smallest absolute Gasteiger partial charge is 0.253 e. The third-order valence-electron chi connectivity index (χ3n) is 5.18. The van der Waals surface area contributed by atoms with E-state index in [1.54, 1.807) is 36.7 Å². The van der Waals surface area contributed by atoms with Crippen molar-refractivity contribution in [3.63, 3.8) is 0 Å². The largest absolute Gasteiger partial charge is 0.345 e. The van der Waals surface area contributed by atoms with Gasteiger partial charge < -0.3 is 15.2 Å². The summed E-state index contributed by atoms with van der Waals surface area (Å²) in [5.41, 5.74) is 2.71. The molecule has 4 rings (SSSR count). The van der Waals surface area contributed by atoms with Crippen LogP contribution in [0, 0.1) is 0 Å². The normalized spacial score (nSPS) is 11.6. The number of hydrogen-bond donors (Lipinski definition) is 2. The Morgan fingerprint density at radius 2 is 1.76 bits per heavy atom. The van der Waals surface area contributed by atoms with Gasteiger partial charge in [0, 0.05) is 25.0 Å². The average Bonchev–Trinajstić information content (AvgIpc) is 3.24. The van der Waals surface area contributed by atoms with Crippen LogP contribution in [0.2, 0.25) is 0 Å². The van der Waals surface area contributed by atoms with E-state index < -0.39 is 0 Å². The minimum atomic E-state index is -0.255. The molecule has 0 bridgehead atoms. The van der Waals surface area contributed by atoms with Crippen molar-refractivity contribution in [1.82, 2.24) is 25.1 Å². The van der Waals surface area contributed by atoms with Crippen molar-refractivity contribution in [3.05, 3.63) is 90.3 Å². The molecule has 0 aliphatic carbocycles. The summed E-state index contributed by atoms with van der Waals surface area (Å²) in [5.74, 6) is 0.294. The Balaban J connectivity index is 1.39. The Bertz CT molecular complexity index is 1280. The number of rotatable bonds is 8. The van der Waals surface area contributed by atoms with E-state index in [9.17, 15) is 9.59 Å². The lowest BCUT2D eigenvalue weighted by Gasteiger charge is -2.16. The molecule has 0 fully saturated rings. The second-order valence-corrected chi connectivity index (χ2v) is 8.54. The zero-order chi connectivity index (χ0) is 23.9. The van der Waals surface area contributed by atoms with E-state index in [0.29, 0.717) is 22.2 Å². The number of benzene rings is 2. The highest BCUT2D eigenvalue weighted by Gasteiger charge is 2.17. The number of aromatic nitrogens is 4. The third-order valence-corrected chi connectivity index (χ3v) is 6.20. The van der Waals surface area contributed by atoms with E-state index in [4.69, 9.17) is 0 Å². The van der Waals surface area contributed by atoms with E-state index in [0.717, 1.165) is 11.1 Å². The summed E-state index contributed by atoms with van der Waals surface area (Å²) in [6, 6.07) is 20.2. The lowest BCUT2D eigenvalue weighted by atomic mass is 10.1. The van der Waals surface area contributed by atoms with Gasteiger partial charge in [-0.2, -0.15) is 0 Å². The summed E-state index contributed by atoms with van der Waals surface area (Å²) in [5, 5.41) is 14.8. The van der Waals surface area contributed by atoms with Gasteiger partial charge in [0.25, 0.3) is 5.91 Å². The van der Waals surface area contributed by atoms with E-state index in [-0.39, 0.29) is 23.6 Å². The highest BCUT2D eigenvalue weighted by Crippen LogP contribution is 2.23. The number of amides is 2. The molecule has 0 saturated heterocycles. The first-order valence-electron chi connectivity index (χ1n) is 10.7. The first-order chi connectivity index (χ1) is 16.5. The fourth-order valence-corrected chi connectivity index (χ4v) is 4.10. The third kappa shape index (κ3) is 5.49. The molecule has 1 atom stereocenters. The molecule has 0 spiro atoms. The predicted octanol–water partition coefficient (Wildman–Crippen LogP) is 4.10. The zero-order valence-electron chi connectivity index (χ0n) is 18.8. The summed E-state index contributed by atoms with van der Waals surface area (Å²) < 4.78 is 1.82. The van der Waals surface area contributed by atoms with E-state index in [1.165, 1.54) is 11.8 Å². The quantitative estimate of drug-likeness (QED) is 0.375. The Hall–Kier alpha value is -3.98. The van der Waals surface area contributed by atoms with Gasteiger partial charge in [0.2, 0.25) is 5.91 Å². The standard InChI is InChI=1S/C25H24N6O2S/c1-17(18-9-4-3-5-10-18)27-24(33)20-12-6-7-13-21(20)28-22(32)16-34-25-30-29-23(31(25)2)19-11-8-14-26-15-19/h3-15,17H,16H2,1-2H3,(H,27,33)(H,28,32)/t17-/m0/s1. The van der Waals surface area contributed by atoms with Crippen LogP contribution in [0.1, 0.15) is 28.9 Å². The minimum absolute atomic E-state index is 0.120. The summed E-state index contributed by atoms with van der Waals surface area (Å²) in [4.78, 5) is 29.7. The van der Waals surface area contributed by atoms with Crippen molar-refractivity contribution in [2.75, 3.05) is 11.1 Å². The maximum absolute atomic E-state index is 12.9. The highest BCUT2D eigenvalue weighted by atomic mass is 32.2. The van der Waals surface area contributed by atoms with Gasteiger partial charge in [0.05, 0.1) is 23.0 Å². The number of carbonyl (C=O) groups is 2. The van der Waals surface area contributed by atoms with E-state index >= 15 is 0 Å². The van der Waals surface area contributed by atoms with Gasteiger partial charge in [-0.05, 0) is 36.8 Å². The molecular weight excluding hydrogens is 448 g/mol. The second kappa shape index (κ2) is 10.8. The fraction of sp³-hybridized carbons (Fsp3) is 0.160. The number of nitrogens with zero attached hydrogens (tertiary/aromatic N) is 4. The SMILES string of the molecule is C[C@H](NC(=O)c1ccccc1NC(=O)CSc1nnc(-c2cccnc2)n1C)c1ccccc1. The van der Waals surface area contributed by atoms with Gasteiger partial charge >= 0.3 is 0 Å². The molecule has 0 saturated carbocycles. The first-order valence-corrected chi connectivity index (χ1v) is 11.7. The molecule has 2 N–H and O–H groups in total. The predicted molar refractivity (Wildman–Crippen MR) is 132 cm³/mol. The Kier molecular flexibility index (Phi) is 7.34. The van der Waals surface area contributed by atoms with Gasteiger partial charge in [0.15, 0.2) is 11.0 Å². The summed E-state index contributed by atoms with van der Waals surface area (Å²) in [6.45, 7) is 1.92. The van der Waals surface area contributed by atoms with Gasteiger partial charge in [-0.3, -0.25) is 14.6 Å². The Morgan fingerprint density at radius 1 is 1.00 bits per heavy atom. The molecule has 0 aliphatic heterocycles. The van der Waals surface area contributed by atoms with Crippen molar-refractivity contribution < 1.29 is 9.59 Å². The van der Waals surface area contributed by atoms with Crippen molar-refractivity contribution in [2.45, 2.75) is 18.1 Å². The van der Waals surface area contributed by atoms with Gasteiger partial charge in [-0.1, -0.05) is 54.2 Å². The van der Waals surface area contributed by atoms with Gasteiger partial charge in [0.1, 0.15) is 0 Å². The van der Waals surface area contributed by atoms with E-state index in [2.05, 4.69) is 25.8 Å². The lowest BCUT2D eigenvalue weighted by Crippen LogP contribution is -2.28. The van der Waals surface area contributed by atoms with Crippen LogP contribution in [-0.2, 0) is 11.8 Å². The molecule has 2 amide bonds. The molecule has 0 unspecified atom stereocenters. The lowest BCUT2D eigenvalue weighted by molar-refractivity contribution is -0.113. The second-order valence-electron chi connectivity index (χ2n) is 7.60. The molecule has 2 heterocycles. The van der Waals surface area contributed by atoms with Crippen LogP contribution >= 0.6 is 11.8 Å². The van der Waals surface area contributed by atoms with Gasteiger partial charge in [-0.15, -0.1) is 10.2 Å². The number of carbonyl (C=O) groups excluding carboxylic acids is 2. The summed E-state index contributed by atoms with van der Waals surface area (Å²) in [7, 11) is 1.84. The monoisotopic (exact) mass is 472 g/mol. The first kappa shape index (κ1) is 23.2. The molecular formula is C25H24N6O2S. The van der Waals surface area contributed by atoms with Crippen LogP contribution < -0.4 is 10.6 Å². The molecule has 4 aromatic rings. The molecule has 0 aliphatic rings. The number of para-hydroxylation sites is 1. The number of pyridine rings is 1. The molecule has 34 heavy (non-hydrogen) atoms. The van der Waals surface area contributed by atoms with Crippen LogP contribution in [0.25, 0.3) is 11.4 Å². The fourth-order valence-electron chi connectivity index (χ4n) is 3.39. The molecule has 2 aromatic heterocycles. The Morgan fingerprint density at radius 3 is 2.53 bits per heavy atom. The zero-order valence-corrected chi connectivity index (χ0v) is 19.6. The maximum atomic E-state index is 12.9. The van der Waals surface area contributed by atoms with Crippen molar-refractivity contribution in [1.29, 1.82) is 0 Å². The number of thioether (sulfide) groups is 1. The van der Waals surface area contributed by atoms with Crippen LogP contribution in [0.5, 0.6) is 0 Å². The van der Waals surface area contributed by atoms with Crippen molar-refractivity contribution >= 4 is 29.3 Å². The highest BCUT2D eigenvalue weighted by molar-refractivity contribution is 7.99. The molecule has 8 nitrogen and oxygen atoms in total. The molecule has 9 heteroatoms. The molecule has 0 radical (unpaired) electrons. The summed E-state index contributed by atoms with van der Waals surface area (Å²) in [6.07, 6.45) is 3.41. The average molecular weight is 473 g/mol. The van der Waals surface area contributed by atoms with Crippen molar-refractivity contribution in [2.24, 2.45) is 7.05 Å². The number of anilines is 1. The van der Waals surface area contributed by atoms with Crippen molar-refractivity contribution in [3.8, 4) is 11.4 Å².